The van der Waals surface area contributed by atoms with E-state index >= 15 is 0 Å². The average molecular weight is 325 g/mol. The van der Waals surface area contributed by atoms with Crippen LogP contribution in [0.2, 0.25) is 0 Å². The van der Waals surface area contributed by atoms with Gasteiger partial charge in [-0.05, 0) is 26.8 Å². The average Bonchev–Trinajstić information content (AvgIpc) is 2.58. The predicted molar refractivity (Wildman–Crippen MR) is 82.0 cm³/mol. The summed E-state index contributed by atoms with van der Waals surface area (Å²) >= 11 is 5.30. The summed E-state index contributed by atoms with van der Waals surface area (Å²) in [6.07, 6.45) is 0.862. The minimum atomic E-state index is -0.192. The second-order valence-corrected chi connectivity index (χ2v) is 7.11. The van der Waals surface area contributed by atoms with Gasteiger partial charge >= 0.3 is 0 Å². The lowest BCUT2D eigenvalue weighted by Gasteiger charge is -2.16. The number of thiazole rings is 1. The predicted octanol–water partition coefficient (Wildman–Crippen LogP) is 4.16. The van der Waals surface area contributed by atoms with Crippen LogP contribution in [-0.2, 0) is 6.42 Å². The molecule has 1 aromatic carbocycles. The third kappa shape index (κ3) is 3.19. The molecule has 18 heavy (non-hydrogen) atoms. The van der Waals surface area contributed by atoms with Crippen molar-refractivity contribution in [2.45, 2.75) is 32.7 Å². The number of halogens is 1. The number of aromatic nitrogens is 1. The Morgan fingerprint density at radius 2 is 2.00 bits per heavy atom. The van der Waals surface area contributed by atoms with Crippen LogP contribution in [0.25, 0.3) is 10.6 Å². The Bertz CT molecular complexity index is 555. The molecule has 2 N–H and O–H groups in total. The van der Waals surface area contributed by atoms with Gasteiger partial charge in [0.1, 0.15) is 5.01 Å². The highest BCUT2D eigenvalue weighted by molar-refractivity contribution is 9.10. The first-order valence-corrected chi connectivity index (χ1v) is 7.48. The SMILES string of the molecule is Cc1nc(-c2ccccc2Br)sc1CC(C)(C)N. The summed E-state index contributed by atoms with van der Waals surface area (Å²) < 4.78 is 1.08. The van der Waals surface area contributed by atoms with Crippen molar-refractivity contribution < 1.29 is 0 Å². The molecule has 0 aliphatic carbocycles. The van der Waals surface area contributed by atoms with Gasteiger partial charge in [-0.1, -0.05) is 34.1 Å². The molecule has 0 radical (unpaired) electrons. The van der Waals surface area contributed by atoms with Gasteiger partial charge in [-0.15, -0.1) is 11.3 Å². The summed E-state index contributed by atoms with van der Waals surface area (Å²) in [5.41, 5.74) is 8.12. The van der Waals surface area contributed by atoms with E-state index in [0.717, 1.165) is 27.2 Å². The van der Waals surface area contributed by atoms with Crippen molar-refractivity contribution in [3.8, 4) is 10.6 Å². The van der Waals surface area contributed by atoms with Crippen molar-refractivity contribution >= 4 is 27.3 Å². The Morgan fingerprint density at radius 3 is 2.61 bits per heavy atom. The summed E-state index contributed by atoms with van der Waals surface area (Å²) in [4.78, 5) is 5.93. The first kappa shape index (κ1) is 13.7. The van der Waals surface area contributed by atoms with Crippen LogP contribution in [0.1, 0.15) is 24.4 Å². The molecule has 0 aliphatic rings. The fourth-order valence-electron chi connectivity index (χ4n) is 1.76. The molecule has 0 spiro atoms. The monoisotopic (exact) mass is 324 g/mol. The van der Waals surface area contributed by atoms with E-state index in [1.54, 1.807) is 11.3 Å². The highest BCUT2D eigenvalue weighted by atomic mass is 79.9. The number of hydrogen-bond donors (Lipinski definition) is 1. The van der Waals surface area contributed by atoms with E-state index in [2.05, 4.69) is 33.9 Å². The lowest BCUT2D eigenvalue weighted by atomic mass is 10.0. The zero-order valence-electron chi connectivity index (χ0n) is 10.8. The topological polar surface area (TPSA) is 38.9 Å². The van der Waals surface area contributed by atoms with Gasteiger partial charge in [0.25, 0.3) is 0 Å². The van der Waals surface area contributed by atoms with Crippen molar-refractivity contribution in [1.29, 1.82) is 0 Å². The van der Waals surface area contributed by atoms with E-state index in [0.29, 0.717) is 0 Å². The van der Waals surface area contributed by atoms with Crippen molar-refractivity contribution in [3.05, 3.63) is 39.3 Å². The smallest absolute Gasteiger partial charge is 0.124 e. The summed E-state index contributed by atoms with van der Waals surface area (Å²) in [5, 5.41) is 1.05. The highest BCUT2D eigenvalue weighted by Gasteiger charge is 2.18. The number of nitrogens with two attached hydrogens (primary N) is 1. The Hall–Kier alpha value is -0.710. The molecule has 0 amide bonds. The molecule has 0 unspecified atom stereocenters. The number of rotatable bonds is 3. The summed E-state index contributed by atoms with van der Waals surface area (Å²) in [7, 11) is 0. The molecule has 0 fully saturated rings. The zero-order valence-corrected chi connectivity index (χ0v) is 13.2. The van der Waals surface area contributed by atoms with Crippen LogP contribution in [0.5, 0.6) is 0 Å². The van der Waals surface area contributed by atoms with Crippen LogP contribution < -0.4 is 5.73 Å². The molecule has 0 saturated carbocycles. The number of hydrogen-bond acceptors (Lipinski definition) is 3. The molecule has 1 heterocycles. The highest BCUT2D eigenvalue weighted by Crippen LogP contribution is 2.33. The zero-order chi connectivity index (χ0) is 13.3. The molecule has 2 nitrogen and oxygen atoms in total. The van der Waals surface area contributed by atoms with E-state index in [-0.39, 0.29) is 5.54 Å². The standard InChI is InChI=1S/C14H17BrN2S/c1-9-12(8-14(2,3)16)18-13(17-9)10-6-4-5-7-11(10)15/h4-7H,8,16H2,1-3H3. The van der Waals surface area contributed by atoms with Crippen LogP contribution in [0.15, 0.2) is 28.7 Å². The summed E-state index contributed by atoms with van der Waals surface area (Å²) in [5.74, 6) is 0. The van der Waals surface area contributed by atoms with Crippen LogP contribution >= 0.6 is 27.3 Å². The maximum atomic E-state index is 6.08. The second-order valence-electron chi connectivity index (χ2n) is 5.17. The van der Waals surface area contributed by atoms with E-state index in [1.165, 1.54) is 4.88 Å². The lowest BCUT2D eigenvalue weighted by Crippen LogP contribution is -2.34. The summed E-state index contributed by atoms with van der Waals surface area (Å²) in [6, 6.07) is 8.17. The Labute approximate surface area is 120 Å². The normalized spacial score (nSPS) is 11.8. The minimum absolute atomic E-state index is 0.192. The van der Waals surface area contributed by atoms with Crippen molar-refractivity contribution in [2.75, 3.05) is 0 Å². The van der Waals surface area contributed by atoms with Crippen molar-refractivity contribution in [2.24, 2.45) is 5.73 Å². The first-order chi connectivity index (χ1) is 8.37. The fraction of sp³-hybridized carbons (Fsp3) is 0.357. The quantitative estimate of drug-likeness (QED) is 0.920. The van der Waals surface area contributed by atoms with Crippen molar-refractivity contribution in [3.63, 3.8) is 0 Å². The van der Waals surface area contributed by atoms with E-state index < -0.39 is 0 Å². The maximum absolute atomic E-state index is 6.08. The molecular weight excluding hydrogens is 308 g/mol. The molecule has 1 aromatic heterocycles. The molecule has 4 heteroatoms. The van der Waals surface area contributed by atoms with Gasteiger partial charge in [0.15, 0.2) is 0 Å². The van der Waals surface area contributed by atoms with Crippen LogP contribution in [-0.4, -0.2) is 10.5 Å². The molecule has 0 bridgehead atoms. The Balaban J connectivity index is 2.38. The van der Waals surface area contributed by atoms with Gasteiger partial charge in [-0.2, -0.15) is 0 Å². The first-order valence-electron chi connectivity index (χ1n) is 5.87. The molecule has 2 rings (SSSR count). The van der Waals surface area contributed by atoms with Gasteiger partial charge in [-0.3, -0.25) is 0 Å². The van der Waals surface area contributed by atoms with Gasteiger partial charge < -0.3 is 5.73 Å². The number of nitrogens with zero attached hydrogens (tertiary/aromatic N) is 1. The molecular formula is C14H17BrN2S. The molecule has 96 valence electrons. The molecule has 0 aliphatic heterocycles. The fourth-order valence-corrected chi connectivity index (χ4v) is 3.70. The Morgan fingerprint density at radius 1 is 1.33 bits per heavy atom. The van der Waals surface area contributed by atoms with E-state index in [1.807, 2.05) is 32.0 Å². The van der Waals surface area contributed by atoms with Gasteiger partial charge in [0.05, 0.1) is 5.69 Å². The van der Waals surface area contributed by atoms with Crippen molar-refractivity contribution in [1.82, 2.24) is 4.98 Å². The van der Waals surface area contributed by atoms with Gasteiger partial charge in [-0.25, -0.2) is 4.98 Å². The minimum Gasteiger partial charge on any atom is -0.325 e. The number of aryl methyl sites for hydroxylation is 1. The van der Waals surface area contributed by atoms with E-state index in [9.17, 15) is 0 Å². The van der Waals surface area contributed by atoms with E-state index in [4.69, 9.17) is 5.73 Å². The van der Waals surface area contributed by atoms with Crippen LogP contribution in [0.3, 0.4) is 0 Å². The number of benzene rings is 1. The third-order valence-electron chi connectivity index (χ3n) is 2.61. The second kappa shape index (κ2) is 5.11. The van der Waals surface area contributed by atoms with Gasteiger partial charge in [0, 0.05) is 26.9 Å². The van der Waals surface area contributed by atoms with Crippen LogP contribution in [0, 0.1) is 6.92 Å². The lowest BCUT2D eigenvalue weighted by molar-refractivity contribution is 0.519. The van der Waals surface area contributed by atoms with Gasteiger partial charge in [0.2, 0.25) is 0 Å². The third-order valence-corrected chi connectivity index (χ3v) is 4.50. The maximum Gasteiger partial charge on any atom is 0.124 e. The summed E-state index contributed by atoms with van der Waals surface area (Å²) in [6.45, 7) is 6.15. The largest absolute Gasteiger partial charge is 0.325 e. The molecule has 0 atom stereocenters. The molecule has 0 saturated heterocycles. The molecule has 2 aromatic rings. The van der Waals surface area contributed by atoms with Crippen LogP contribution in [0.4, 0.5) is 0 Å². The Kier molecular flexibility index (Phi) is 3.90.